The third kappa shape index (κ3) is 8.29. The maximum Gasteiger partial charge on any atom is 0.259 e. The number of halogens is 2. The second-order valence-corrected chi connectivity index (χ2v) is 7.07. The molecule has 2 nitrogen and oxygen atoms in total. The lowest BCUT2D eigenvalue weighted by Gasteiger charge is -2.23. The molecule has 0 heterocycles. The Balaban J connectivity index is 2.62. The van der Waals surface area contributed by atoms with E-state index >= 15 is 0 Å². The van der Waals surface area contributed by atoms with Crippen LogP contribution >= 0.6 is 0 Å². The molecule has 0 spiro atoms. The molecule has 0 saturated heterocycles. The maximum atomic E-state index is 14.0. The van der Waals surface area contributed by atoms with Gasteiger partial charge in [-0.2, -0.15) is 0 Å². The van der Waals surface area contributed by atoms with Crippen LogP contribution in [0.25, 0.3) is 0 Å². The third-order valence-corrected chi connectivity index (χ3v) is 4.78. The summed E-state index contributed by atoms with van der Waals surface area (Å²) in [7, 11) is 0. The zero-order valence-corrected chi connectivity index (χ0v) is 16.5. The minimum absolute atomic E-state index is 0.410. The van der Waals surface area contributed by atoms with E-state index < -0.39 is 23.1 Å². The van der Waals surface area contributed by atoms with Gasteiger partial charge in [-0.3, -0.25) is 4.79 Å². The highest BCUT2D eigenvalue weighted by Crippen LogP contribution is 2.17. The minimum Gasteiger partial charge on any atom is -0.338 e. The van der Waals surface area contributed by atoms with E-state index in [0.717, 1.165) is 50.7 Å². The predicted molar refractivity (Wildman–Crippen MR) is 104 cm³/mol. The van der Waals surface area contributed by atoms with Crippen molar-refractivity contribution < 1.29 is 13.6 Å². The summed E-state index contributed by atoms with van der Waals surface area (Å²) in [5, 5.41) is 0. The fraction of sp³-hybridized carbons (Fsp3) is 0.682. The molecular weight excluding hydrogens is 332 g/mol. The van der Waals surface area contributed by atoms with Crippen LogP contribution in [0, 0.1) is 11.6 Å². The van der Waals surface area contributed by atoms with Gasteiger partial charge in [-0.05, 0) is 25.0 Å². The van der Waals surface area contributed by atoms with Crippen LogP contribution in [0.1, 0.15) is 94.8 Å². The zero-order valence-electron chi connectivity index (χ0n) is 16.5. The van der Waals surface area contributed by atoms with Gasteiger partial charge in [0.1, 0.15) is 17.2 Å². The highest BCUT2D eigenvalue weighted by Gasteiger charge is 2.22. The van der Waals surface area contributed by atoms with E-state index in [1.165, 1.54) is 38.2 Å². The Bertz CT molecular complexity index is 499. The summed E-state index contributed by atoms with van der Waals surface area (Å²) in [6.45, 7) is 5.50. The Morgan fingerprint density at radius 2 is 1.19 bits per heavy atom. The molecule has 1 aromatic carbocycles. The molecule has 0 radical (unpaired) electrons. The highest BCUT2D eigenvalue weighted by molar-refractivity contribution is 5.94. The van der Waals surface area contributed by atoms with E-state index in [4.69, 9.17) is 0 Å². The first-order chi connectivity index (χ1) is 12.6. The summed E-state index contributed by atoms with van der Waals surface area (Å²) in [5.74, 6) is -2.05. The lowest BCUT2D eigenvalue weighted by Crippen LogP contribution is -2.34. The largest absolute Gasteiger partial charge is 0.338 e. The van der Waals surface area contributed by atoms with Crippen molar-refractivity contribution in [3.8, 4) is 0 Å². The molecule has 1 rings (SSSR count). The van der Waals surface area contributed by atoms with Gasteiger partial charge in [0.05, 0.1) is 0 Å². The summed E-state index contributed by atoms with van der Waals surface area (Å²) >= 11 is 0. The number of carbonyl (C=O) groups excluding carboxylic acids is 1. The Morgan fingerprint density at radius 3 is 1.65 bits per heavy atom. The molecule has 0 aliphatic rings. The predicted octanol–water partition coefficient (Wildman–Crippen LogP) is 6.74. The Labute approximate surface area is 158 Å². The van der Waals surface area contributed by atoms with Crippen molar-refractivity contribution in [1.82, 2.24) is 4.90 Å². The van der Waals surface area contributed by atoms with E-state index in [-0.39, 0.29) is 0 Å². The number of hydrogen-bond donors (Lipinski definition) is 0. The Kier molecular flexibility index (Phi) is 11.9. The van der Waals surface area contributed by atoms with Crippen LogP contribution in [0.15, 0.2) is 18.2 Å². The molecule has 0 aliphatic heterocycles. The number of hydrogen-bond acceptors (Lipinski definition) is 1. The number of benzene rings is 1. The van der Waals surface area contributed by atoms with Crippen LogP contribution in [-0.4, -0.2) is 23.9 Å². The van der Waals surface area contributed by atoms with Crippen molar-refractivity contribution in [3.05, 3.63) is 35.4 Å². The van der Waals surface area contributed by atoms with Crippen LogP contribution < -0.4 is 0 Å². The Morgan fingerprint density at radius 1 is 0.769 bits per heavy atom. The van der Waals surface area contributed by atoms with Crippen molar-refractivity contribution in [1.29, 1.82) is 0 Å². The van der Waals surface area contributed by atoms with Crippen molar-refractivity contribution in [2.24, 2.45) is 0 Å². The normalized spacial score (nSPS) is 10.9. The fourth-order valence-electron chi connectivity index (χ4n) is 3.16. The SMILES string of the molecule is CCCCCCCCN(CCCCCCC)C(=O)c1c(F)cccc1F. The van der Waals surface area contributed by atoms with E-state index in [1.807, 2.05) is 0 Å². The van der Waals surface area contributed by atoms with Gasteiger partial charge in [0.25, 0.3) is 5.91 Å². The molecule has 1 aromatic rings. The van der Waals surface area contributed by atoms with Gasteiger partial charge in [-0.15, -0.1) is 0 Å². The van der Waals surface area contributed by atoms with Gasteiger partial charge in [0, 0.05) is 13.1 Å². The highest BCUT2D eigenvalue weighted by atomic mass is 19.1. The van der Waals surface area contributed by atoms with Crippen molar-refractivity contribution >= 4 is 5.91 Å². The minimum atomic E-state index is -0.770. The molecule has 0 unspecified atom stereocenters. The molecule has 4 heteroatoms. The molecule has 0 aliphatic carbocycles. The lowest BCUT2D eigenvalue weighted by atomic mass is 10.1. The van der Waals surface area contributed by atoms with Crippen LogP contribution in [0.5, 0.6) is 0 Å². The molecule has 1 amide bonds. The molecule has 26 heavy (non-hydrogen) atoms. The average molecular weight is 368 g/mol. The number of nitrogens with zero attached hydrogens (tertiary/aromatic N) is 1. The summed E-state index contributed by atoms with van der Waals surface area (Å²) in [4.78, 5) is 14.4. The Hall–Kier alpha value is -1.45. The summed E-state index contributed by atoms with van der Waals surface area (Å²) in [6.07, 6.45) is 12.2. The molecule has 0 atom stereocenters. The van der Waals surface area contributed by atoms with Gasteiger partial charge in [-0.25, -0.2) is 8.78 Å². The molecule has 0 aromatic heterocycles. The van der Waals surface area contributed by atoms with Crippen LogP contribution in [0.2, 0.25) is 0 Å². The molecule has 0 N–H and O–H groups in total. The maximum absolute atomic E-state index is 14.0. The molecule has 0 saturated carbocycles. The van der Waals surface area contributed by atoms with E-state index in [9.17, 15) is 13.6 Å². The van der Waals surface area contributed by atoms with Gasteiger partial charge in [0.2, 0.25) is 0 Å². The topological polar surface area (TPSA) is 20.3 Å². The van der Waals surface area contributed by atoms with Gasteiger partial charge in [0.15, 0.2) is 0 Å². The fourth-order valence-corrected chi connectivity index (χ4v) is 3.16. The third-order valence-electron chi connectivity index (χ3n) is 4.78. The molecule has 0 bridgehead atoms. The summed E-state index contributed by atoms with van der Waals surface area (Å²) < 4.78 is 28.0. The number of unbranched alkanes of at least 4 members (excludes halogenated alkanes) is 9. The first-order valence-electron chi connectivity index (χ1n) is 10.3. The van der Waals surface area contributed by atoms with Crippen molar-refractivity contribution in [3.63, 3.8) is 0 Å². The lowest BCUT2D eigenvalue weighted by molar-refractivity contribution is 0.0739. The van der Waals surface area contributed by atoms with E-state index in [1.54, 1.807) is 4.90 Å². The van der Waals surface area contributed by atoms with Gasteiger partial charge < -0.3 is 4.90 Å². The number of carbonyl (C=O) groups is 1. The van der Waals surface area contributed by atoms with Crippen LogP contribution in [0.4, 0.5) is 8.78 Å². The summed E-state index contributed by atoms with van der Waals surface area (Å²) in [5.41, 5.74) is -0.410. The standard InChI is InChI=1S/C22H35F2NO/c1-3-5-7-9-11-13-18-25(17-12-10-8-6-4-2)22(26)21-19(23)15-14-16-20(21)24/h14-16H,3-13,17-18H2,1-2H3. The first-order valence-corrected chi connectivity index (χ1v) is 10.3. The van der Waals surface area contributed by atoms with E-state index in [0.29, 0.717) is 13.1 Å². The number of rotatable bonds is 14. The van der Waals surface area contributed by atoms with Crippen LogP contribution in [-0.2, 0) is 0 Å². The van der Waals surface area contributed by atoms with Gasteiger partial charge >= 0.3 is 0 Å². The summed E-state index contributed by atoms with van der Waals surface area (Å²) in [6, 6.07) is 3.60. The van der Waals surface area contributed by atoms with Crippen molar-refractivity contribution in [2.45, 2.75) is 84.5 Å². The second kappa shape index (κ2) is 13.7. The molecule has 0 fully saturated rings. The average Bonchev–Trinajstić information content (AvgIpc) is 2.62. The smallest absolute Gasteiger partial charge is 0.259 e. The van der Waals surface area contributed by atoms with E-state index in [2.05, 4.69) is 13.8 Å². The first kappa shape index (κ1) is 22.6. The monoisotopic (exact) mass is 367 g/mol. The molecular formula is C22H35F2NO. The zero-order chi connectivity index (χ0) is 19.2. The van der Waals surface area contributed by atoms with Crippen molar-refractivity contribution in [2.75, 3.05) is 13.1 Å². The second-order valence-electron chi connectivity index (χ2n) is 7.07. The van der Waals surface area contributed by atoms with Crippen LogP contribution in [0.3, 0.4) is 0 Å². The number of amides is 1. The molecule has 148 valence electrons. The van der Waals surface area contributed by atoms with Gasteiger partial charge in [-0.1, -0.05) is 77.7 Å². The quantitative estimate of drug-likeness (QED) is 0.333.